The van der Waals surface area contributed by atoms with Gasteiger partial charge in [-0.15, -0.1) is 5.10 Å². The van der Waals surface area contributed by atoms with Gasteiger partial charge in [0.2, 0.25) is 5.92 Å². The Morgan fingerprint density at radius 1 is 1.05 bits per heavy atom. The number of carbonyl (C=O) groups is 1. The second-order valence-electron chi connectivity index (χ2n) is 9.54. The molecular formula is C27H30F4N6O2. The van der Waals surface area contributed by atoms with Crippen LogP contribution in [0.15, 0.2) is 72.8 Å². The van der Waals surface area contributed by atoms with E-state index < -0.39 is 42.9 Å². The maximum Gasteiger partial charge on any atom is 0.320 e. The number of aliphatic hydroxyl groups excluding tert-OH is 1. The lowest BCUT2D eigenvalue weighted by molar-refractivity contribution is -0.0929. The van der Waals surface area contributed by atoms with Crippen LogP contribution in [-0.4, -0.2) is 72.7 Å². The number of aromatic nitrogens is 4. The highest BCUT2D eigenvalue weighted by atomic mass is 19.3. The zero-order valence-corrected chi connectivity index (χ0v) is 21.1. The van der Waals surface area contributed by atoms with E-state index in [-0.39, 0.29) is 38.0 Å². The second-order valence-corrected chi connectivity index (χ2v) is 9.54. The topological polar surface area (TPSA) is 98.2 Å². The molecule has 3 aromatic rings. The number of aromatic amines is 1. The molecule has 2 N–H and O–H groups in total. The molecule has 12 heteroatoms. The highest BCUT2D eigenvalue weighted by Gasteiger charge is 2.41. The van der Waals surface area contributed by atoms with Gasteiger partial charge in [0.25, 0.3) is 0 Å². The molecule has 39 heavy (non-hydrogen) atoms. The van der Waals surface area contributed by atoms with E-state index in [0.717, 1.165) is 11.6 Å². The number of alkyl halides is 4. The van der Waals surface area contributed by atoms with Gasteiger partial charge in [-0.3, -0.25) is 0 Å². The van der Waals surface area contributed by atoms with Gasteiger partial charge in [-0.2, -0.15) is 8.78 Å². The van der Waals surface area contributed by atoms with Crippen LogP contribution in [0.25, 0.3) is 0 Å². The molecule has 1 aliphatic heterocycles. The number of nitrogens with one attached hydrogen (secondary N) is 1. The number of halogens is 4. The lowest BCUT2D eigenvalue weighted by Crippen LogP contribution is -2.38. The van der Waals surface area contributed by atoms with Gasteiger partial charge in [-0.25, -0.2) is 18.7 Å². The summed E-state index contributed by atoms with van der Waals surface area (Å²) in [5, 5.41) is 23.3. The molecule has 1 aliphatic rings. The van der Waals surface area contributed by atoms with Gasteiger partial charge in [0.15, 0.2) is 0 Å². The van der Waals surface area contributed by atoms with E-state index in [4.69, 9.17) is 0 Å². The van der Waals surface area contributed by atoms with E-state index in [1.165, 1.54) is 40.1 Å². The monoisotopic (exact) mass is 546 g/mol. The lowest BCUT2D eigenvalue weighted by Gasteiger charge is -2.25. The van der Waals surface area contributed by atoms with E-state index in [2.05, 4.69) is 20.6 Å². The third-order valence-electron chi connectivity index (χ3n) is 6.65. The zero-order chi connectivity index (χ0) is 27.9. The fraction of sp³-hybridized carbons (Fsp3) is 0.407. The molecule has 208 valence electrons. The van der Waals surface area contributed by atoms with E-state index in [0.29, 0.717) is 5.82 Å². The molecule has 2 aromatic carbocycles. The highest BCUT2D eigenvalue weighted by molar-refractivity contribution is 5.77. The number of benzene rings is 2. The first-order chi connectivity index (χ1) is 18.7. The van der Waals surface area contributed by atoms with Crippen molar-refractivity contribution in [1.82, 2.24) is 30.4 Å². The van der Waals surface area contributed by atoms with Gasteiger partial charge in [0.05, 0.1) is 6.04 Å². The Morgan fingerprint density at radius 3 is 2.41 bits per heavy atom. The summed E-state index contributed by atoms with van der Waals surface area (Å²) in [5.41, 5.74) is 0.492. The van der Waals surface area contributed by atoms with Gasteiger partial charge in [0.1, 0.15) is 11.9 Å². The van der Waals surface area contributed by atoms with E-state index >= 15 is 0 Å². The minimum Gasteiger partial charge on any atom is -0.382 e. The van der Waals surface area contributed by atoms with Gasteiger partial charge in [-0.05, 0) is 22.4 Å². The molecule has 0 spiro atoms. The number of nitrogens with zero attached hydrogens (tertiary/aromatic N) is 5. The third kappa shape index (κ3) is 7.41. The first kappa shape index (κ1) is 28.2. The zero-order valence-electron chi connectivity index (χ0n) is 21.1. The second kappa shape index (κ2) is 12.4. The number of hydrogen-bond acceptors (Lipinski definition) is 5. The van der Waals surface area contributed by atoms with Crippen molar-refractivity contribution in [3.63, 3.8) is 0 Å². The number of amides is 2. The van der Waals surface area contributed by atoms with Crippen molar-refractivity contribution in [1.29, 1.82) is 0 Å². The van der Waals surface area contributed by atoms with E-state index in [9.17, 15) is 27.5 Å². The minimum atomic E-state index is -3.57. The van der Waals surface area contributed by atoms with Crippen molar-refractivity contribution in [2.24, 2.45) is 0 Å². The Balaban J connectivity index is 1.44. The van der Waals surface area contributed by atoms with Crippen LogP contribution in [0.1, 0.15) is 36.2 Å². The lowest BCUT2D eigenvalue weighted by atomic mass is 10.0. The van der Waals surface area contributed by atoms with Crippen LogP contribution in [0.3, 0.4) is 0 Å². The minimum absolute atomic E-state index is 0.109. The first-order valence-corrected chi connectivity index (χ1v) is 12.7. The fourth-order valence-electron chi connectivity index (χ4n) is 4.48. The molecule has 0 saturated carbocycles. The molecule has 2 atom stereocenters. The summed E-state index contributed by atoms with van der Waals surface area (Å²) >= 11 is 0. The molecule has 2 amide bonds. The number of rotatable bonds is 13. The van der Waals surface area contributed by atoms with Crippen LogP contribution in [-0.2, 0) is 18.9 Å². The Morgan fingerprint density at radius 2 is 1.74 bits per heavy atom. The molecule has 1 unspecified atom stereocenters. The van der Waals surface area contributed by atoms with Gasteiger partial charge < -0.3 is 14.9 Å². The molecule has 2 heterocycles. The summed E-state index contributed by atoms with van der Waals surface area (Å²) in [6.45, 7) is 0.0734. The maximum atomic E-state index is 14.8. The number of carbonyl (C=O) groups excluding carboxylic acids is 1. The standard InChI is InChI=1S/C27H30F4N6O2/c28-26(29,15-7-12-24-32-34-35-33-24)16-17-37-22(19-36(25(37)39)18-20-8-3-1-4-9-20)13-14-23(38)27(30,31)21-10-5-2-6-11-21/h1-6,8-11,13-14,22-23,38H,7,12,15-19H2,(H,32,33,34,35)/t22-,23?/m0/s1. The number of H-pyrrole nitrogens is 1. The van der Waals surface area contributed by atoms with Crippen LogP contribution in [0.4, 0.5) is 22.4 Å². The van der Waals surface area contributed by atoms with Gasteiger partial charge in [0, 0.05) is 44.5 Å². The van der Waals surface area contributed by atoms with Gasteiger partial charge in [-0.1, -0.05) is 72.8 Å². The third-order valence-corrected chi connectivity index (χ3v) is 6.65. The first-order valence-electron chi connectivity index (χ1n) is 12.7. The SMILES string of the molecule is O=C1N(Cc2ccccc2)C[C@H](C=CC(O)C(F)(F)c2ccccc2)N1CCC(F)(F)CCCc1nnn[nH]1. The number of hydrogen-bond donors (Lipinski definition) is 2. The van der Waals surface area contributed by atoms with Crippen molar-refractivity contribution in [2.45, 2.75) is 56.2 Å². The fourth-order valence-corrected chi connectivity index (χ4v) is 4.48. The summed E-state index contributed by atoms with van der Waals surface area (Å²) in [6, 6.07) is 14.8. The van der Waals surface area contributed by atoms with Crippen LogP contribution < -0.4 is 0 Å². The summed E-state index contributed by atoms with van der Waals surface area (Å²) < 4.78 is 58.9. The Bertz CT molecular complexity index is 1210. The van der Waals surface area contributed by atoms with Crippen LogP contribution >= 0.6 is 0 Å². The Hall–Kier alpha value is -3.80. The number of aryl methyl sites for hydroxylation is 1. The molecule has 4 rings (SSSR count). The molecule has 0 bridgehead atoms. The molecule has 1 saturated heterocycles. The molecule has 0 radical (unpaired) electrons. The summed E-state index contributed by atoms with van der Waals surface area (Å²) in [5.74, 6) is -6.22. The van der Waals surface area contributed by atoms with Crippen molar-refractivity contribution >= 4 is 6.03 Å². The average molecular weight is 547 g/mol. The smallest absolute Gasteiger partial charge is 0.320 e. The number of tetrazole rings is 1. The molecule has 0 aliphatic carbocycles. The Labute approximate surface area is 223 Å². The van der Waals surface area contributed by atoms with Crippen molar-refractivity contribution in [3.8, 4) is 0 Å². The van der Waals surface area contributed by atoms with E-state index in [1.54, 1.807) is 6.07 Å². The van der Waals surface area contributed by atoms with Crippen LogP contribution in [0.2, 0.25) is 0 Å². The molecule has 8 nitrogen and oxygen atoms in total. The molecule has 1 fully saturated rings. The molecule has 1 aromatic heterocycles. The van der Waals surface area contributed by atoms with E-state index in [1.807, 2.05) is 30.3 Å². The number of urea groups is 1. The van der Waals surface area contributed by atoms with Crippen molar-refractivity contribution in [3.05, 3.63) is 89.8 Å². The van der Waals surface area contributed by atoms with Crippen LogP contribution in [0, 0.1) is 0 Å². The predicted molar refractivity (Wildman–Crippen MR) is 135 cm³/mol. The predicted octanol–water partition coefficient (Wildman–Crippen LogP) is 4.56. The normalized spacial score (nSPS) is 17.4. The summed E-state index contributed by atoms with van der Waals surface area (Å²) in [4.78, 5) is 15.9. The summed E-state index contributed by atoms with van der Waals surface area (Å²) in [7, 11) is 0. The summed E-state index contributed by atoms with van der Waals surface area (Å²) in [6.07, 6.45) is -0.539. The Kier molecular flexibility index (Phi) is 8.95. The van der Waals surface area contributed by atoms with Crippen LogP contribution in [0.5, 0.6) is 0 Å². The van der Waals surface area contributed by atoms with Gasteiger partial charge >= 0.3 is 12.0 Å². The van der Waals surface area contributed by atoms with Crippen molar-refractivity contribution < 1.29 is 27.5 Å². The van der Waals surface area contributed by atoms with Crippen molar-refractivity contribution in [2.75, 3.05) is 13.1 Å². The quantitative estimate of drug-likeness (QED) is 0.242. The number of aliphatic hydroxyl groups is 1. The molecular weight excluding hydrogens is 516 g/mol. The average Bonchev–Trinajstić information content (AvgIpc) is 3.55. The maximum absolute atomic E-state index is 14.8. The largest absolute Gasteiger partial charge is 0.382 e. The highest BCUT2D eigenvalue weighted by Crippen LogP contribution is 2.33.